The molecule has 0 fully saturated rings. The third-order valence-corrected chi connectivity index (χ3v) is 3.01. The van der Waals surface area contributed by atoms with Gasteiger partial charge in [0.1, 0.15) is 0 Å². The van der Waals surface area contributed by atoms with Crippen molar-refractivity contribution >= 4 is 17.3 Å². The van der Waals surface area contributed by atoms with Crippen molar-refractivity contribution in [1.82, 2.24) is 0 Å². The number of nitrogens with zero attached hydrogens (tertiary/aromatic N) is 1. The molecule has 3 N–H and O–H groups in total. The van der Waals surface area contributed by atoms with E-state index in [0.29, 0.717) is 5.69 Å². The number of nitrogen functional groups attached to an aromatic ring is 1. The molecule has 0 heterocycles. The molecular weight excluding hydrogens is 228 g/mol. The lowest BCUT2D eigenvalue weighted by molar-refractivity contribution is 0.0697. The Labute approximate surface area is 108 Å². The van der Waals surface area contributed by atoms with Gasteiger partial charge < -0.3 is 15.7 Å². The molecule has 0 aliphatic heterocycles. The van der Waals surface area contributed by atoms with Crippen molar-refractivity contribution in [2.75, 3.05) is 24.2 Å². The molecule has 1 aromatic rings. The minimum atomic E-state index is -0.933. The summed E-state index contributed by atoms with van der Waals surface area (Å²) >= 11 is 0. The van der Waals surface area contributed by atoms with Gasteiger partial charge >= 0.3 is 5.97 Å². The van der Waals surface area contributed by atoms with Crippen LogP contribution < -0.4 is 10.6 Å². The van der Waals surface area contributed by atoms with Crippen LogP contribution in [0.15, 0.2) is 18.2 Å². The molecule has 0 unspecified atom stereocenters. The first-order valence-corrected chi connectivity index (χ1v) is 6.40. The van der Waals surface area contributed by atoms with Crippen molar-refractivity contribution in [2.45, 2.75) is 32.6 Å². The Bertz CT molecular complexity index is 405. The highest BCUT2D eigenvalue weighted by atomic mass is 16.4. The molecule has 0 atom stereocenters. The van der Waals surface area contributed by atoms with Crippen molar-refractivity contribution in [3.8, 4) is 0 Å². The van der Waals surface area contributed by atoms with Gasteiger partial charge in [-0.25, -0.2) is 4.79 Å². The van der Waals surface area contributed by atoms with Gasteiger partial charge in [0.25, 0.3) is 0 Å². The largest absolute Gasteiger partial charge is 0.478 e. The van der Waals surface area contributed by atoms with E-state index in [2.05, 4.69) is 6.92 Å². The van der Waals surface area contributed by atoms with E-state index < -0.39 is 5.97 Å². The number of aromatic carboxylic acids is 1. The van der Waals surface area contributed by atoms with Crippen LogP contribution in [0.25, 0.3) is 0 Å². The topological polar surface area (TPSA) is 66.6 Å². The van der Waals surface area contributed by atoms with Crippen molar-refractivity contribution < 1.29 is 9.90 Å². The number of hydrogen-bond donors (Lipinski definition) is 2. The van der Waals surface area contributed by atoms with Crippen LogP contribution in [-0.4, -0.2) is 24.7 Å². The van der Waals surface area contributed by atoms with Gasteiger partial charge in [0.15, 0.2) is 0 Å². The Morgan fingerprint density at radius 3 is 2.67 bits per heavy atom. The van der Waals surface area contributed by atoms with Crippen molar-refractivity contribution in [3.05, 3.63) is 23.8 Å². The van der Waals surface area contributed by atoms with Gasteiger partial charge in [-0.3, -0.25) is 0 Å². The normalized spacial score (nSPS) is 10.3. The van der Waals surface area contributed by atoms with Gasteiger partial charge in [-0.2, -0.15) is 0 Å². The molecule has 0 aliphatic carbocycles. The summed E-state index contributed by atoms with van der Waals surface area (Å²) in [4.78, 5) is 13.2. The van der Waals surface area contributed by atoms with Crippen LogP contribution >= 0.6 is 0 Å². The first-order valence-electron chi connectivity index (χ1n) is 6.40. The lowest BCUT2D eigenvalue weighted by Gasteiger charge is -2.21. The molecule has 18 heavy (non-hydrogen) atoms. The Morgan fingerprint density at radius 1 is 1.33 bits per heavy atom. The second kappa shape index (κ2) is 6.89. The SMILES string of the molecule is CCCCCCN(C)c1ccc(N)cc1C(=O)O. The van der Waals surface area contributed by atoms with Crippen LogP contribution in [0.1, 0.15) is 43.0 Å². The van der Waals surface area contributed by atoms with Gasteiger partial charge in [-0.05, 0) is 24.6 Å². The quantitative estimate of drug-likeness (QED) is 0.576. The summed E-state index contributed by atoms with van der Waals surface area (Å²) in [7, 11) is 1.92. The first-order chi connectivity index (χ1) is 8.56. The molecule has 0 amide bonds. The number of rotatable bonds is 7. The van der Waals surface area contributed by atoms with Gasteiger partial charge in [0.2, 0.25) is 0 Å². The van der Waals surface area contributed by atoms with Crippen molar-refractivity contribution in [2.24, 2.45) is 0 Å². The number of benzene rings is 1. The Kier molecular flexibility index (Phi) is 5.49. The molecular formula is C14H22N2O2. The molecule has 1 aromatic carbocycles. The monoisotopic (exact) mass is 250 g/mol. The summed E-state index contributed by atoms with van der Waals surface area (Å²) < 4.78 is 0. The number of carbonyl (C=O) groups is 1. The van der Waals surface area contributed by atoms with Gasteiger partial charge in [-0.1, -0.05) is 26.2 Å². The van der Waals surface area contributed by atoms with Crippen molar-refractivity contribution in [1.29, 1.82) is 0 Å². The third kappa shape index (κ3) is 3.95. The van der Waals surface area contributed by atoms with E-state index in [-0.39, 0.29) is 5.56 Å². The minimum absolute atomic E-state index is 0.271. The second-order valence-corrected chi connectivity index (χ2v) is 4.56. The average Bonchev–Trinajstić information content (AvgIpc) is 2.34. The van der Waals surface area contributed by atoms with Gasteiger partial charge in [-0.15, -0.1) is 0 Å². The number of anilines is 2. The Morgan fingerprint density at radius 2 is 2.06 bits per heavy atom. The lowest BCUT2D eigenvalue weighted by atomic mass is 10.1. The highest BCUT2D eigenvalue weighted by Crippen LogP contribution is 2.22. The van der Waals surface area contributed by atoms with E-state index in [9.17, 15) is 4.79 Å². The Hall–Kier alpha value is -1.71. The highest BCUT2D eigenvalue weighted by Gasteiger charge is 2.13. The molecule has 0 spiro atoms. The number of hydrogen-bond acceptors (Lipinski definition) is 3. The molecule has 4 nitrogen and oxygen atoms in total. The molecule has 0 aliphatic rings. The zero-order valence-electron chi connectivity index (χ0n) is 11.1. The van der Waals surface area contributed by atoms with Crippen LogP contribution in [0, 0.1) is 0 Å². The fourth-order valence-corrected chi connectivity index (χ4v) is 1.95. The highest BCUT2D eigenvalue weighted by molar-refractivity contribution is 5.95. The minimum Gasteiger partial charge on any atom is -0.478 e. The molecule has 0 saturated carbocycles. The van der Waals surface area contributed by atoms with E-state index in [1.165, 1.54) is 25.3 Å². The Balaban J connectivity index is 2.72. The van der Waals surface area contributed by atoms with Crippen molar-refractivity contribution in [3.63, 3.8) is 0 Å². The molecule has 0 saturated heterocycles. The maximum absolute atomic E-state index is 11.2. The van der Waals surface area contributed by atoms with Gasteiger partial charge in [0.05, 0.1) is 11.3 Å². The molecule has 1 rings (SSSR count). The zero-order valence-corrected chi connectivity index (χ0v) is 11.1. The van der Waals surface area contributed by atoms with E-state index in [1.54, 1.807) is 12.1 Å². The molecule has 0 aromatic heterocycles. The van der Waals surface area contributed by atoms with Crippen LogP contribution in [0.4, 0.5) is 11.4 Å². The summed E-state index contributed by atoms with van der Waals surface area (Å²) in [6, 6.07) is 5.03. The predicted octanol–water partition coefficient (Wildman–Crippen LogP) is 2.98. The lowest BCUT2D eigenvalue weighted by Crippen LogP contribution is -2.21. The summed E-state index contributed by atoms with van der Waals surface area (Å²) in [6.07, 6.45) is 4.68. The molecule has 0 radical (unpaired) electrons. The number of unbranched alkanes of at least 4 members (excludes halogenated alkanes) is 3. The average molecular weight is 250 g/mol. The first kappa shape index (κ1) is 14.4. The van der Waals surface area contributed by atoms with E-state index in [0.717, 1.165) is 18.7 Å². The number of carboxylic acid groups (broad SMARTS) is 1. The van der Waals surface area contributed by atoms with E-state index >= 15 is 0 Å². The third-order valence-electron chi connectivity index (χ3n) is 3.01. The van der Waals surface area contributed by atoms with Crippen LogP contribution in [0.5, 0.6) is 0 Å². The predicted molar refractivity (Wildman–Crippen MR) is 75.2 cm³/mol. The maximum Gasteiger partial charge on any atom is 0.337 e. The second-order valence-electron chi connectivity index (χ2n) is 4.56. The summed E-state index contributed by atoms with van der Waals surface area (Å²) in [6.45, 7) is 3.04. The van der Waals surface area contributed by atoms with Crippen LogP contribution in [0.3, 0.4) is 0 Å². The zero-order chi connectivity index (χ0) is 13.5. The number of carboxylic acids is 1. The summed E-state index contributed by atoms with van der Waals surface area (Å²) in [5.74, 6) is -0.933. The maximum atomic E-state index is 11.2. The molecule has 4 heteroatoms. The fourth-order valence-electron chi connectivity index (χ4n) is 1.95. The standard InChI is InChI=1S/C14H22N2O2/c1-3-4-5-6-9-16(2)13-8-7-11(15)10-12(13)14(17)18/h7-8,10H,3-6,9,15H2,1-2H3,(H,17,18). The van der Waals surface area contributed by atoms with Crippen LogP contribution in [-0.2, 0) is 0 Å². The summed E-state index contributed by atoms with van der Waals surface area (Å²) in [5.41, 5.74) is 7.11. The number of nitrogens with two attached hydrogens (primary N) is 1. The van der Waals surface area contributed by atoms with Crippen LogP contribution in [0.2, 0.25) is 0 Å². The smallest absolute Gasteiger partial charge is 0.337 e. The molecule has 100 valence electrons. The van der Waals surface area contributed by atoms with E-state index in [1.807, 2.05) is 11.9 Å². The molecule has 0 bridgehead atoms. The van der Waals surface area contributed by atoms with Gasteiger partial charge in [0, 0.05) is 19.3 Å². The summed E-state index contributed by atoms with van der Waals surface area (Å²) in [5, 5.41) is 9.17. The van der Waals surface area contributed by atoms with E-state index in [4.69, 9.17) is 10.8 Å². The fraction of sp³-hybridized carbons (Fsp3) is 0.500.